The molecule has 0 radical (unpaired) electrons. The van der Waals surface area contributed by atoms with Gasteiger partial charge in [-0.25, -0.2) is 4.98 Å². The van der Waals surface area contributed by atoms with E-state index in [9.17, 15) is 4.79 Å². The molecule has 1 aromatic heterocycles. The minimum Gasteiger partial charge on any atom is -0.312 e. The molecule has 2 N–H and O–H groups in total. The first-order valence-corrected chi connectivity index (χ1v) is 7.73. The third kappa shape index (κ3) is 3.73. The topological polar surface area (TPSA) is 54.0 Å². The van der Waals surface area contributed by atoms with Gasteiger partial charge in [0.05, 0.1) is 9.98 Å². The van der Waals surface area contributed by atoms with E-state index in [-0.39, 0.29) is 5.91 Å². The van der Waals surface area contributed by atoms with Gasteiger partial charge in [0.25, 0.3) is 0 Å². The van der Waals surface area contributed by atoms with Crippen LogP contribution in [0.4, 0.5) is 5.13 Å². The second-order valence-electron chi connectivity index (χ2n) is 3.45. The Morgan fingerprint density at radius 3 is 3.25 bits per heavy atom. The number of aromatic nitrogens is 1. The van der Waals surface area contributed by atoms with E-state index in [0.717, 1.165) is 21.8 Å². The van der Waals surface area contributed by atoms with Crippen LogP contribution < -0.4 is 10.6 Å². The van der Waals surface area contributed by atoms with Crippen LogP contribution in [0.1, 0.15) is 6.42 Å². The number of thiazole rings is 1. The molecule has 2 heterocycles. The number of nitrogens with zero attached hydrogens (tertiary/aromatic N) is 1. The van der Waals surface area contributed by atoms with E-state index >= 15 is 0 Å². The van der Waals surface area contributed by atoms with Gasteiger partial charge in [0.15, 0.2) is 5.13 Å². The molecule has 0 aliphatic carbocycles. The third-order valence-electron chi connectivity index (χ3n) is 2.15. The fourth-order valence-corrected chi connectivity index (χ4v) is 3.53. The van der Waals surface area contributed by atoms with Gasteiger partial charge in [-0.3, -0.25) is 4.79 Å². The maximum Gasteiger partial charge on any atom is 0.227 e. The van der Waals surface area contributed by atoms with E-state index in [1.54, 1.807) is 6.20 Å². The molecule has 1 unspecified atom stereocenters. The number of hydrogen-bond acceptors (Lipinski definition) is 5. The van der Waals surface area contributed by atoms with Crippen LogP contribution in [0.25, 0.3) is 0 Å². The molecule has 7 heteroatoms. The van der Waals surface area contributed by atoms with Crippen molar-refractivity contribution in [3.05, 3.63) is 9.98 Å². The first-order chi connectivity index (χ1) is 7.74. The van der Waals surface area contributed by atoms with E-state index in [1.807, 2.05) is 11.8 Å². The fraction of sp³-hybridized carbons (Fsp3) is 0.556. The van der Waals surface area contributed by atoms with E-state index in [2.05, 4.69) is 31.5 Å². The summed E-state index contributed by atoms with van der Waals surface area (Å²) in [5.74, 6) is 2.17. The van der Waals surface area contributed by atoms with Gasteiger partial charge in [-0.15, -0.1) is 0 Å². The van der Waals surface area contributed by atoms with Crippen LogP contribution in [0.3, 0.4) is 0 Å². The second kappa shape index (κ2) is 6.00. The SMILES string of the molecule is O=C(CC1CSCCN1)Nc1ncc(Br)s1. The predicted octanol–water partition coefficient (Wildman–Crippen LogP) is 1.94. The average molecular weight is 322 g/mol. The minimum atomic E-state index is 0.0295. The van der Waals surface area contributed by atoms with Crippen molar-refractivity contribution in [1.82, 2.24) is 10.3 Å². The van der Waals surface area contributed by atoms with E-state index < -0.39 is 0 Å². The number of amides is 1. The summed E-state index contributed by atoms with van der Waals surface area (Å²) in [6.45, 7) is 0.991. The van der Waals surface area contributed by atoms with Gasteiger partial charge in [-0.2, -0.15) is 11.8 Å². The summed E-state index contributed by atoms with van der Waals surface area (Å²) in [7, 11) is 0. The number of carbonyl (C=O) groups excluding carboxylic acids is 1. The van der Waals surface area contributed by atoms with Crippen LogP contribution in [0.2, 0.25) is 0 Å². The first kappa shape index (κ1) is 12.3. The Kier molecular flexibility index (Phi) is 4.63. The Morgan fingerprint density at radius 1 is 1.75 bits per heavy atom. The minimum absolute atomic E-state index is 0.0295. The van der Waals surface area contributed by atoms with Gasteiger partial charge < -0.3 is 10.6 Å². The van der Waals surface area contributed by atoms with Gasteiger partial charge in [-0.05, 0) is 15.9 Å². The highest BCUT2D eigenvalue weighted by atomic mass is 79.9. The molecule has 1 saturated heterocycles. The number of hydrogen-bond donors (Lipinski definition) is 2. The zero-order valence-corrected chi connectivity index (χ0v) is 11.8. The number of rotatable bonds is 3. The molecule has 2 rings (SSSR count). The van der Waals surface area contributed by atoms with Crippen molar-refractivity contribution in [3.63, 3.8) is 0 Å². The normalized spacial score (nSPS) is 20.7. The lowest BCUT2D eigenvalue weighted by molar-refractivity contribution is -0.116. The monoisotopic (exact) mass is 321 g/mol. The summed E-state index contributed by atoms with van der Waals surface area (Å²) in [5, 5.41) is 6.79. The highest BCUT2D eigenvalue weighted by Gasteiger charge is 2.17. The standard InChI is InChI=1S/C9H12BrN3OS2/c10-7-4-12-9(16-7)13-8(14)3-6-5-15-2-1-11-6/h4,6,11H,1-3,5H2,(H,12,13,14). The maximum absolute atomic E-state index is 11.7. The summed E-state index contributed by atoms with van der Waals surface area (Å²) in [4.78, 5) is 15.7. The van der Waals surface area contributed by atoms with Crippen LogP contribution >= 0.6 is 39.0 Å². The Bertz CT molecular complexity index is 365. The van der Waals surface area contributed by atoms with Crippen molar-refractivity contribution < 1.29 is 4.79 Å². The lowest BCUT2D eigenvalue weighted by Crippen LogP contribution is -2.39. The van der Waals surface area contributed by atoms with Crippen molar-refractivity contribution >= 4 is 50.1 Å². The molecule has 0 spiro atoms. The van der Waals surface area contributed by atoms with Crippen molar-refractivity contribution in [2.24, 2.45) is 0 Å². The zero-order valence-electron chi connectivity index (χ0n) is 8.53. The Hall–Kier alpha value is -0.110. The molecule has 0 saturated carbocycles. The average Bonchev–Trinajstić information content (AvgIpc) is 2.65. The molecule has 1 aromatic rings. The van der Waals surface area contributed by atoms with E-state index in [4.69, 9.17) is 0 Å². The molecule has 88 valence electrons. The molecular formula is C9H12BrN3OS2. The molecule has 0 bridgehead atoms. The van der Waals surface area contributed by atoms with Crippen LogP contribution in [0, 0.1) is 0 Å². The van der Waals surface area contributed by atoms with Gasteiger partial charge in [-0.1, -0.05) is 11.3 Å². The summed E-state index contributed by atoms with van der Waals surface area (Å²) < 4.78 is 0.925. The number of halogens is 1. The highest BCUT2D eigenvalue weighted by Crippen LogP contribution is 2.23. The Balaban J connectivity index is 1.79. The van der Waals surface area contributed by atoms with Crippen molar-refractivity contribution in [1.29, 1.82) is 0 Å². The van der Waals surface area contributed by atoms with Crippen molar-refractivity contribution in [2.45, 2.75) is 12.5 Å². The number of nitrogens with one attached hydrogen (secondary N) is 2. The quantitative estimate of drug-likeness (QED) is 0.893. The van der Waals surface area contributed by atoms with Crippen molar-refractivity contribution in [3.8, 4) is 0 Å². The van der Waals surface area contributed by atoms with Gasteiger partial charge in [0.1, 0.15) is 0 Å². The van der Waals surface area contributed by atoms with Crippen LogP contribution in [0.15, 0.2) is 9.98 Å². The first-order valence-electron chi connectivity index (χ1n) is 4.96. The molecular weight excluding hydrogens is 310 g/mol. The maximum atomic E-state index is 11.7. The summed E-state index contributed by atoms with van der Waals surface area (Å²) >= 11 is 6.63. The molecule has 1 aliphatic rings. The van der Waals surface area contributed by atoms with Gasteiger partial charge in [0, 0.05) is 30.5 Å². The fourth-order valence-electron chi connectivity index (χ4n) is 1.46. The second-order valence-corrected chi connectivity index (χ2v) is 7.01. The summed E-state index contributed by atoms with van der Waals surface area (Å²) in [5.41, 5.74) is 0. The number of carbonyl (C=O) groups is 1. The Labute approximate surface area is 111 Å². The largest absolute Gasteiger partial charge is 0.312 e. The number of thioether (sulfide) groups is 1. The number of anilines is 1. The van der Waals surface area contributed by atoms with Gasteiger partial charge in [0.2, 0.25) is 5.91 Å². The summed E-state index contributed by atoms with van der Waals surface area (Å²) in [6, 6.07) is 0.294. The van der Waals surface area contributed by atoms with Crippen LogP contribution in [0.5, 0.6) is 0 Å². The molecule has 1 fully saturated rings. The van der Waals surface area contributed by atoms with Crippen LogP contribution in [-0.4, -0.2) is 35.0 Å². The lowest BCUT2D eigenvalue weighted by atomic mass is 10.2. The molecule has 1 atom stereocenters. The summed E-state index contributed by atoms with van der Waals surface area (Å²) in [6.07, 6.45) is 2.21. The van der Waals surface area contributed by atoms with E-state index in [0.29, 0.717) is 17.6 Å². The lowest BCUT2D eigenvalue weighted by Gasteiger charge is -2.22. The third-order valence-corrected chi connectivity index (χ3v) is 4.68. The highest BCUT2D eigenvalue weighted by molar-refractivity contribution is 9.11. The van der Waals surface area contributed by atoms with Crippen LogP contribution in [-0.2, 0) is 4.79 Å². The van der Waals surface area contributed by atoms with E-state index in [1.165, 1.54) is 11.3 Å². The predicted molar refractivity (Wildman–Crippen MR) is 72.2 cm³/mol. The molecule has 1 aliphatic heterocycles. The zero-order chi connectivity index (χ0) is 11.4. The Morgan fingerprint density at radius 2 is 2.62 bits per heavy atom. The van der Waals surface area contributed by atoms with Gasteiger partial charge >= 0.3 is 0 Å². The molecule has 4 nitrogen and oxygen atoms in total. The van der Waals surface area contributed by atoms with Crippen molar-refractivity contribution in [2.75, 3.05) is 23.4 Å². The smallest absolute Gasteiger partial charge is 0.227 e. The molecule has 16 heavy (non-hydrogen) atoms. The molecule has 0 aromatic carbocycles. The molecule has 1 amide bonds.